The van der Waals surface area contributed by atoms with Crippen LogP contribution < -0.4 is 5.32 Å². The van der Waals surface area contributed by atoms with E-state index in [4.69, 9.17) is 9.05 Å². The monoisotopic (exact) mass is 591 g/mol. The number of unbranched alkanes of at least 4 members (excludes halogenated alkanes) is 15. The van der Waals surface area contributed by atoms with Crippen LogP contribution in [-0.2, 0) is 18.4 Å². The highest BCUT2D eigenvalue weighted by molar-refractivity contribution is 7.47. The molecule has 0 fully saturated rings. The van der Waals surface area contributed by atoms with Gasteiger partial charge in [-0.3, -0.25) is 13.8 Å². The molecular weight excluding hydrogens is 527 g/mol. The minimum Gasteiger partial charge on any atom is -0.387 e. The van der Waals surface area contributed by atoms with Crippen molar-refractivity contribution in [3.63, 3.8) is 0 Å². The van der Waals surface area contributed by atoms with Gasteiger partial charge in [0.15, 0.2) is 0 Å². The molecule has 0 bridgehead atoms. The third-order valence-corrected chi connectivity index (χ3v) is 7.99. The Labute approximate surface area is 246 Å². The van der Waals surface area contributed by atoms with E-state index in [1.165, 1.54) is 57.8 Å². The van der Waals surface area contributed by atoms with Crippen molar-refractivity contribution in [3.05, 3.63) is 12.2 Å². The number of amides is 1. The Hall–Kier alpha value is -0.760. The first-order valence-electron chi connectivity index (χ1n) is 16.1. The van der Waals surface area contributed by atoms with Gasteiger partial charge in [0.1, 0.15) is 13.2 Å². The number of allylic oxidation sites excluding steroid dienone is 1. The lowest BCUT2D eigenvalue weighted by Crippen LogP contribution is -2.45. The first-order valence-corrected chi connectivity index (χ1v) is 17.6. The summed E-state index contributed by atoms with van der Waals surface area (Å²) in [5.41, 5.74) is 0. The van der Waals surface area contributed by atoms with E-state index < -0.39 is 20.0 Å². The molecule has 1 unspecified atom stereocenters. The maximum Gasteiger partial charge on any atom is 0.472 e. The number of phosphoric ester groups is 1. The molecule has 0 aromatic rings. The minimum atomic E-state index is -4.31. The second kappa shape index (κ2) is 24.8. The van der Waals surface area contributed by atoms with E-state index in [-0.39, 0.29) is 19.1 Å². The van der Waals surface area contributed by atoms with Crippen molar-refractivity contribution >= 4 is 13.7 Å². The SMILES string of the molecule is CCCCCCCCCCCCC/C=C/[C@@H](O)[C@H](COP(=O)(O)OCC[N+](C)(C)C)NC(=O)CCCCCCC. The van der Waals surface area contributed by atoms with Crippen LogP contribution in [0.3, 0.4) is 0 Å². The van der Waals surface area contributed by atoms with Gasteiger partial charge in [-0.25, -0.2) is 4.57 Å². The number of carbonyl (C=O) groups is 1. The summed E-state index contributed by atoms with van der Waals surface area (Å²) in [6, 6.07) is -0.834. The number of nitrogens with zero attached hydrogens (tertiary/aromatic N) is 1. The van der Waals surface area contributed by atoms with Crippen LogP contribution in [0.1, 0.15) is 129 Å². The van der Waals surface area contributed by atoms with E-state index in [2.05, 4.69) is 19.2 Å². The quantitative estimate of drug-likeness (QED) is 0.0382. The average molecular weight is 592 g/mol. The number of carbonyl (C=O) groups excluding carboxylic acids is 1. The molecule has 40 heavy (non-hydrogen) atoms. The first kappa shape index (κ1) is 39.2. The zero-order valence-corrected chi connectivity index (χ0v) is 27.5. The highest BCUT2D eigenvalue weighted by atomic mass is 31.2. The van der Waals surface area contributed by atoms with E-state index in [1.807, 2.05) is 27.2 Å². The van der Waals surface area contributed by atoms with Gasteiger partial charge in [-0.05, 0) is 19.3 Å². The van der Waals surface area contributed by atoms with Crippen molar-refractivity contribution < 1.29 is 32.9 Å². The maximum atomic E-state index is 12.5. The van der Waals surface area contributed by atoms with Crippen molar-refractivity contribution in [2.24, 2.45) is 0 Å². The lowest BCUT2D eigenvalue weighted by Gasteiger charge is -2.25. The van der Waals surface area contributed by atoms with Crippen molar-refractivity contribution in [1.29, 1.82) is 0 Å². The molecule has 0 heterocycles. The van der Waals surface area contributed by atoms with Crippen molar-refractivity contribution in [3.8, 4) is 0 Å². The zero-order valence-electron chi connectivity index (χ0n) is 26.6. The normalized spacial score (nSPS) is 15.3. The van der Waals surface area contributed by atoms with Crippen LogP contribution in [0.5, 0.6) is 0 Å². The fourth-order valence-corrected chi connectivity index (χ4v) is 5.07. The van der Waals surface area contributed by atoms with Crippen LogP contribution in [0.2, 0.25) is 0 Å². The minimum absolute atomic E-state index is 0.0630. The molecule has 3 atom stereocenters. The number of hydrogen-bond acceptors (Lipinski definition) is 5. The van der Waals surface area contributed by atoms with Crippen LogP contribution in [0.15, 0.2) is 12.2 Å². The van der Waals surface area contributed by atoms with Gasteiger partial charge in [0.05, 0.1) is 39.9 Å². The summed E-state index contributed by atoms with van der Waals surface area (Å²) in [5, 5.41) is 13.6. The molecule has 0 aromatic carbocycles. The molecule has 0 saturated heterocycles. The van der Waals surface area contributed by atoms with Gasteiger partial charge in [0.25, 0.3) is 0 Å². The van der Waals surface area contributed by atoms with Crippen LogP contribution in [0.25, 0.3) is 0 Å². The van der Waals surface area contributed by atoms with E-state index in [0.717, 1.165) is 51.4 Å². The van der Waals surface area contributed by atoms with Gasteiger partial charge < -0.3 is 19.8 Å². The highest BCUT2D eigenvalue weighted by Gasteiger charge is 2.27. The molecule has 3 N–H and O–H groups in total. The molecule has 0 rings (SSSR count). The molecule has 0 radical (unpaired) electrons. The van der Waals surface area contributed by atoms with Gasteiger partial charge in [0, 0.05) is 6.42 Å². The summed E-state index contributed by atoms with van der Waals surface area (Å²) in [5.74, 6) is -0.193. The number of aliphatic hydroxyl groups excluding tert-OH is 1. The molecule has 1 amide bonds. The summed E-state index contributed by atoms with van der Waals surface area (Å²) < 4.78 is 23.2. The molecule has 0 saturated carbocycles. The second-order valence-corrected chi connectivity index (χ2v) is 13.6. The number of hydrogen-bond donors (Lipinski definition) is 3. The number of phosphoric acid groups is 1. The Morgan fingerprint density at radius 1 is 0.825 bits per heavy atom. The Morgan fingerprint density at radius 3 is 1.85 bits per heavy atom. The lowest BCUT2D eigenvalue weighted by molar-refractivity contribution is -0.870. The van der Waals surface area contributed by atoms with Gasteiger partial charge >= 0.3 is 7.82 Å². The molecule has 0 spiro atoms. The van der Waals surface area contributed by atoms with Crippen molar-refractivity contribution in [1.82, 2.24) is 5.32 Å². The fraction of sp³-hybridized carbons (Fsp3) is 0.903. The predicted molar refractivity (Wildman–Crippen MR) is 166 cm³/mol. The maximum absolute atomic E-state index is 12.5. The van der Waals surface area contributed by atoms with E-state index in [9.17, 15) is 19.4 Å². The topological polar surface area (TPSA) is 105 Å². The first-order chi connectivity index (χ1) is 19.0. The Morgan fingerprint density at radius 2 is 1.32 bits per heavy atom. The van der Waals surface area contributed by atoms with Crippen LogP contribution in [0, 0.1) is 0 Å². The van der Waals surface area contributed by atoms with E-state index in [1.54, 1.807) is 6.08 Å². The average Bonchev–Trinajstić information content (AvgIpc) is 2.88. The summed E-state index contributed by atoms with van der Waals surface area (Å²) in [4.78, 5) is 22.6. The predicted octanol–water partition coefficient (Wildman–Crippen LogP) is 7.29. The van der Waals surface area contributed by atoms with E-state index >= 15 is 0 Å². The molecule has 0 aliphatic rings. The Bertz CT molecular complexity index is 683. The van der Waals surface area contributed by atoms with Gasteiger partial charge in [0.2, 0.25) is 5.91 Å². The van der Waals surface area contributed by atoms with E-state index in [0.29, 0.717) is 17.4 Å². The Balaban J connectivity index is 4.56. The standard InChI is InChI=1S/C31H63N2O6P/c1-6-8-10-12-13-14-15-16-17-18-19-21-22-24-30(34)29(32-31(35)25-23-20-11-9-7-2)28-39-40(36,37)38-27-26-33(3,4)5/h22,24,29-30,34H,6-21,23,25-28H2,1-5H3,(H-,32,35,36,37)/p+1/b24-22+/t29-,30+/m0/s1. The van der Waals surface area contributed by atoms with Gasteiger partial charge in [-0.15, -0.1) is 0 Å². The second-order valence-electron chi connectivity index (χ2n) is 12.2. The summed E-state index contributed by atoms with van der Waals surface area (Å²) in [6.07, 6.45) is 23.0. The molecule has 0 aliphatic heterocycles. The summed E-state index contributed by atoms with van der Waals surface area (Å²) in [6.45, 7) is 4.68. The number of aliphatic hydroxyl groups is 1. The van der Waals surface area contributed by atoms with Gasteiger partial charge in [-0.1, -0.05) is 116 Å². The van der Waals surface area contributed by atoms with Crippen molar-refractivity contribution in [2.75, 3.05) is 40.9 Å². The summed E-state index contributed by atoms with van der Waals surface area (Å²) >= 11 is 0. The molecule has 8 nitrogen and oxygen atoms in total. The van der Waals surface area contributed by atoms with Crippen LogP contribution in [-0.4, -0.2) is 73.4 Å². The highest BCUT2D eigenvalue weighted by Crippen LogP contribution is 2.43. The zero-order chi connectivity index (χ0) is 30.1. The van der Waals surface area contributed by atoms with Gasteiger partial charge in [-0.2, -0.15) is 0 Å². The summed E-state index contributed by atoms with van der Waals surface area (Å²) in [7, 11) is 1.57. The Kier molecular flexibility index (Phi) is 24.3. The molecule has 0 aromatic heterocycles. The van der Waals surface area contributed by atoms with Crippen LogP contribution >= 0.6 is 7.82 Å². The number of quaternary nitrogens is 1. The smallest absolute Gasteiger partial charge is 0.387 e. The molecule has 9 heteroatoms. The third kappa shape index (κ3) is 26.2. The molecular formula is C31H64N2O6P+. The number of rotatable bonds is 28. The molecule has 0 aliphatic carbocycles. The van der Waals surface area contributed by atoms with Crippen LogP contribution in [0.4, 0.5) is 0 Å². The third-order valence-electron chi connectivity index (χ3n) is 7.01. The number of likely N-dealkylation sites (N-methyl/N-ethyl adjacent to an activating group) is 1. The molecule has 238 valence electrons. The number of nitrogens with one attached hydrogen (secondary N) is 1. The largest absolute Gasteiger partial charge is 0.472 e. The fourth-order valence-electron chi connectivity index (χ4n) is 4.33. The lowest BCUT2D eigenvalue weighted by atomic mass is 10.0. The van der Waals surface area contributed by atoms with Crippen molar-refractivity contribution in [2.45, 2.75) is 142 Å².